The molecule has 0 rings (SSSR count). The minimum absolute atomic E-state index is 0.110. The highest BCUT2D eigenvalue weighted by Gasteiger charge is 1.98. The quantitative estimate of drug-likeness (QED) is 0.389. The average Bonchev–Trinajstić information content (AvgIpc) is 2.31. The smallest absolute Gasteiger partial charge is 0.307 e. The molecule has 0 aromatic heterocycles. The van der Waals surface area contributed by atoms with Crippen LogP contribution >= 0.6 is 0 Å². The second-order valence-corrected chi connectivity index (χ2v) is 2.85. The van der Waals surface area contributed by atoms with E-state index in [0.29, 0.717) is 33.0 Å². The van der Waals surface area contributed by atoms with Crippen LogP contribution in [0.25, 0.3) is 0 Å². The van der Waals surface area contributed by atoms with E-state index < -0.39 is 6.67 Å². The number of methoxy groups -OCH3 is 1. The van der Waals surface area contributed by atoms with Gasteiger partial charge in [-0.15, -0.1) is 0 Å². The Morgan fingerprint density at radius 2 is 1.44 bits per heavy atom. The third-order valence-electron chi connectivity index (χ3n) is 1.64. The molecule has 96 valence electrons. The Hall–Kier alpha value is -0.720. The lowest BCUT2D eigenvalue weighted by Gasteiger charge is -2.05. The van der Waals surface area contributed by atoms with E-state index in [1.165, 1.54) is 7.11 Å². The largest absolute Gasteiger partial charge is 0.469 e. The van der Waals surface area contributed by atoms with E-state index in [0.717, 1.165) is 0 Å². The van der Waals surface area contributed by atoms with Crippen molar-refractivity contribution in [2.45, 2.75) is 6.42 Å². The van der Waals surface area contributed by atoms with E-state index in [-0.39, 0.29) is 19.0 Å². The minimum Gasteiger partial charge on any atom is -0.469 e. The maximum Gasteiger partial charge on any atom is 0.307 e. The molecule has 16 heavy (non-hydrogen) atoms. The Morgan fingerprint density at radius 3 is 1.94 bits per heavy atom. The molecule has 0 unspecified atom stereocenters. The van der Waals surface area contributed by atoms with E-state index in [4.69, 9.17) is 14.2 Å². The van der Waals surface area contributed by atoms with Gasteiger partial charge in [-0.2, -0.15) is 0 Å². The first kappa shape index (κ1) is 15.3. The van der Waals surface area contributed by atoms with Crippen LogP contribution in [0.1, 0.15) is 6.42 Å². The fraction of sp³-hybridized carbons (Fsp3) is 0.900. The van der Waals surface area contributed by atoms with E-state index in [1.54, 1.807) is 0 Å². The van der Waals surface area contributed by atoms with Crippen LogP contribution in [0.2, 0.25) is 0 Å². The SMILES string of the molecule is COC(=O)CCOCCOCCOCCF. The lowest BCUT2D eigenvalue weighted by atomic mass is 10.5. The molecule has 0 saturated heterocycles. The molecular formula is C10H19FO5. The first-order valence-electron chi connectivity index (χ1n) is 5.17. The van der Waals surface area contributed by atoms with Crippen molar-refractivity contribution in [3.63, 3.8) is 0 Å². The van der Waals surface area contributed by atoms with E-state index >= 15 is 0 Å². The summed E-state index contributed by atoms with van der Waals surface area (Å²) in [6, 6.07) is 0. The maximum absolute atomic E-state index is 11.6. The van der Waals surface area contributed by atoms with Gasteiger partial charge in [0, 0.05) is 0 Å². The summed E-state index contributed by atoms with van der Waals surface area (Å²) >= 11 is 0. The van der Waals surface area contributed by atoms with Crippen LogP contribution in [-0.2, 0) is 23.7 Å². The number of alkyl halides is 1. The summed E-state index contributed by atoms with van der Waals surface area (Å²) in [6.07, 6.45) is 0.246. The van der Waals surface area contributed by atoms with Crippen LogP contribution < -0.4 is 0 Å². The number of hydrogen-bond acceptors (Lipinski definition) is 5. The van der Waals surface area contributed by atoms with Gasteiger partial charge in [-0.3, -0.25) is 4.79 Å². The predicted molar refractivity (Wildman–Crippen MR) is 55.1 cm³/mol. The Labute approximate surface area is 94.8 Å². The number of rotatable bonds is 11. The second kappa shape index (κ2) is 12.4. The average molecular weight is 238 g/mol. The molecule has 0 bridgehead atoms. The van der Waals surface area contributed by atoms with Crippen molar-refractivity contribution in [2.24, 2.45) is 0 Å². The van der Waals surface area contributed by atoms with Gasteiger partial charge in [0.05, 0.1) is 53.2 Å². The molecule has 0 N–H and O–H groups in total. The summed E-state index contributed by atoms with van der Waals surface area (Å²) in [7, 11) is 1.34. The molecule has 0 heterocycles. The van der Waals surface area contributed by atoms with Crippen molar-refractivity contribution in [1.29, 1.82) is 0 Å². The molecule has 0 aliphatic heterocycles. The molecule has 0 saturated carbocycles. The number of carbonyl (C=O) groups is 1. The Morgan fingerprint density at radius 1 is 0.938 bits per heavy atom. The van der Waals surface area contributed by atoms with E-state index in [2.05, 4.69) is 4.74 Å². The summed E-state index contributed by atoms with van der Waals surface area (Å²) in [5, 5.41) is 0. The van der Waals surface area contributed by atoms with Crippen molar-refractivity contribution in [1.82, 2.24) is 0 Å². The zero-order chi connectivity index (χ0) is 12.1. The predicted octanol–water partition coefficient (Wildman–Crippen LogP) is 0.569. The molecule has 0 aliphatic carbocycles. The Kier molecular flexibility index (Phi) is 11.8. The summed E-state index contributed by atoms with van der Waals surface area (Å²) in [5.74, 6) is -0.291. The van der Waals surface area contributed by atoms with Gasteiger partial charge in [-0.05, 0) is 0 Å². The monoisotopic (exact) mass is 238 g/mol. The van der Waals surface area contributed by atoms with Crippen molar-refractivity contribution in [3.05, 3.63) is 0 Å². The zero-order valence-electron chi connectivity index (χ0n) is 9.58. The van der Waals surface area contributed by atoms with Gasteiger partial charge in [0.15, 0.2) is 0 Å². The molecule has 0 fully saturated rings. The molecule has 0 atom stereocenters. The van der Waals surface area contributed by atoms with Gasteiger partial charge < -0.3 is 18.9 Å². The van der Waals surface area contributed by atoms with Crippen molar-refractivity contribution in [2.75, 3.05) is 53.4 Å². The number of carbonyl (C=O) groups excluding carboxylic acids is 1. The highest BCUT2D eigenvalue weighted by molar-refractivity contribution is 5.69. The molecule has 5 nitrogen and oxygen atoms in total. The third kappa shape index (κ3) is 11.4. The van der Waals surface area contributed by atoms with Crippen LogP contribution in [-0.4, -0.2) is 59.4 Å². The van der Waals surface area contributed by atoms with Gasteiger partial charge in [0.1, 0.15) is 6.67 Å². The van der Waals surface area contributed by atoms with E-state index in [1.807, 2.05) is 0 Å². The van der Waals surface area contributed by atoms with Gasteiger partial charge in [0.2, 0.25) is 0 Å². The Balaban J connectivity index is 2.96. The summed E-state index contributed by atoms with van der Waals surface area (Å²) in [6.45, 7) is 1.61. The number of ether oxygens (including phenoxy) is 4. The van der Waals surface area contributed by atoms with Gasteiger partial charge in [-0.25, -0.2) is 4.39 Å². The lowest BCUT2D eigenvalue weighted by molar-refractivity contribution is -0.141. The number of esters is 1. The number of hydrogen-bond donors (Lipinski definition) is 0. The standard InChI is InChI=1S/C10H19FO5/c1-13-10(12)2-4-14-6-8-16-9-7-15-5-3-11/h2-9H2,1H3. The molecule has 6 heteroatoms. The van der Waals surface area contributed by atoms with Gasteiger partial charge in [-0.1, -0.05) is 0 Å². The van der Waals surface area contributed by atoms with Gasteiger partial charge in [0.25, 0.3) is 0 Å². The molecule has 0 aromatic rings. The Bertz CT molecular complexity index is 165. The van der Waals surface area contributed by atoms with Crippen molar-refractivity contribution < 1.29 is 28.1 Å². The fourth-order valence-electron chi connectivity index (χ4n) is 0.854. The molecular weight excluding hydrogens is 219 g/mol. The first-order valence-corrected chi connectivity index (χ1v) is 5.17. The summed E-state index contributed by atoms with van der Waals surface area (Å²) in [5.41, 5.74) is 0. The topological polar surface area (TPSA) is 54.0 Å². The summed E-state index contributed by atoms with van der Waals surface area (Å²) < 4.78 is 31.1. The molecule has 0 aromatic carbocycles. The number of halogens is 1. The molecule has 0 amide bonds. The highest BCUT2D eigenvalue weighted by atomic mass is 19.1. The van der Waals surface area contributed by atoms with Crippen LogP contribution in [0.4, 0.5) is 4.39 Å². The van der Waals surface area contributed by atoms with Crippen LogP contribution in [0.5, 0.6) is 0 Å². The normalized spacial score (nSPS) is 10.4. The van der Waals surface area contributed by atoms with Crippen LogP contribution in [0.15, 0.2) is 0 Å². The fourth-order valence-corrected chi connectivity index (χ4v) is 0.854. The minimum atomic E-state index is -0.476. The third-order valence-corrected chi connectivity index (χ3v) is 1.64. The summed E-state index contributed by atoms with van der Waals surface area (Å²) in [4.78, 5) is 10.7. The zero-order valence-corrected chi connectivity index (χ0v) is 9.58. The molecule has 0 spiro atoms. The van der Waals surface area contributed by atoms with Gasteiger partial charge >= 0.3 is 5.97 Å². The van der Waals surface area contributed by atoms with Crippen LogP contribution in [0.3, 0.4) is 0 Å². The highest BCUT2D eigenvalue weighted by Crippen LogP contribution is 1.87. The molecule has 0 radical (unpaired) electrons. The van der Waals surface area contributed by atoms with Crippen molar-refractivity contribution >= 4 is 5.97 Å². The second-order valence-electron chi connectivity index (χ2n) is 2.85. The van der Waals surface area contributed by atoms with Crippen molar-refractivity contribution in [3.8, 4) is 0 Å². The molecule has 0 aliphatic rings. The van der Waals surface area contributed by atoms with E-state index in [9.17, 15) is 9.18 Å². The van der Waals surface area contributed by atoms with Crippen LogP contribution in [0, 0.1) is 0 Å². The first-order chi connectivity index (χ1) is 7.81. The lowest BCUT2D eigenvalue weighted by Crippen LogP contribution is -2.12. The maximum atomic E-state index is 11.6.